The third kappa shape index (κ3) is 38.3. The van der Waals surface area contributed by atoms with E-state index in [0.717, 1.165) is 57.8 Å². The monoisotopic (exact) mass is 736 g/mol. The zero-order chi connectivity index (χ0) is 38.0. The fraction of sp³-hybridized carbons (Fsp3) is 0.913. The van der Waals surface area contributed by atoms with E-state index in [1.54, 1.807) is 0 Å². The van der Waals surface area contributed by atoms with E-state index in [0.29, 0.717) is 25.9 Å². The van der Waals surface area contributed by atoms with E-state index in [9.17, 15) is 19.8 Å². The van der Waals surface area contributed by atoms with E-state index in [1.165, 1.54) is 154 Å². The van der Waals surface area contributed by atoms with Crippen LogP contribution in [0.5, 0.6) is 0 Å². The van der Waals surface area contributed by atoms with Crippen molar-refractivity contribution in [3.05, 3.63) is 12.2 Å². The molecule has 3 N–H and O–H groups in total. The zero-order valence-corrected chi connectivity index (χ0v) is 34.8. The smallest absolute Gasteiger partial charge is 0.305 e. The second kappa shape index (κ2) is 42.3. The molecule has 0 spiro atoms. The van der Waals surface area contributed by atoms with E-state index < -0.39 is 12.1 Å². The van der Waals surface area contributed by atoms with Crippen molar-refractivity contribution in [1.82, 2.24) is 5.32 Å². The number of aliphatic hydroxyl groups is 2. The third-order valence-electron chi connectivity index (χ3n) is 10.6. The summed E-state index contributed by atoms with van der Waals surface area (Å²) in [6.07, 6.45) is 45.9. The molecular formula is C46H89NO5. The van der Waals surface area contributed by atoms with Crippen molar-refractivity contribution < 1.29 is 24.5 Å². The molecule has 0 aliphatic rings. The number of carbonyl (C=O) groups is 2. The van der Waals surface area contributed by atoms with Crippen LogP contribution >= 0.6 is 0 Å². The third-order valence-corrected chi connectivity index (χ3v) is 10.6. The fourth-order valence-electron chi connectivity index (χ4n) is 6.97. The summed E-state index contributed by atoms with van der Waals surface area (Å²) in [6.45, 7) is 4.86. The number of esters is 1. The number of ether oxygens (including phenoxy) is 1. The minimum absolute atomic E-state index is 0.0250. The van der Waals surface area contributed by atoms with Crippen molar-refractivity contribution in [2.24, 2.45) is 0 Å². The van der Waals surface area contributed by atoms with Crippen molar-refractivity contribution in [3.63, 3.8) is 0 Å². The van der Waals surface area contributed by atoms with E-state index in [-0.39, 0.29) is 18.5 Å². The molecule has 0 aliphatic heterocycles. The largest absolute Gasteiger partial charge is 0.466 e. The first-order valence-corrected chi connectivity index (χ1v) is 22.9. The second-order valence-corrected chi connectivity index (χ2v) is 15.7. The molecule has 0 aliphatic carbocycles. The van der Waals surface area contributed by atoms with Gasteiger partial charge in [-0.2, -0.15) is 0 Å². The minimum Gasteiger partial charge on any atom is -0.466 e. The number of hydrogen-bond donors (Lipinski definition) is 3. The first kappa shape index (κ1) is 50.6. The molecule has 0 aromatic rings. The number of amides is 1. The van der Waals surface area contributed by atoms with Gasteiger partial charge in [-0.05, 0) is 44.9 Å². The first-order valence-electron chi connectivity index (χ1n) is 22.9. The van der Waals surface area contributed by atoms with Crippen molar-refractivity contribution in [3.8, 4) is 0 Å². The molecule has 0 radical (unpaired) electrons. The Morgan fingerprint density at radius 1 is 0.519 bits per heavy atom. The SMILES string of the molecule is CCCC/C=C\CCCCCCCC(=O)OCCCCCCCCCCCCCC(=O)NC(CO)C(O)CCCCCCCCCCCCCCC. The molecule has 6 nitrogen and oxygen atoms in total. The summed E-state index contributed by atoms with van der Waals surface area (Å²) >= 11 is 0. The first-order chi connectivity index (χ1) is 25.5. The van der Waals surface area contributed by atoms with E-state index in [1.807, 2.05) is 0 Å². The van der Waals surface area contributed by atoms with Crippen molar-refractivity contribution in [1.29, 1.82) is 0 Å². The van der Waals surface area contributed by atoms with Gasteiger partial charge >= 0.3 is 5.97 Å². The van der Waals surface area contributed by atoms with Crippen LogP contribution < -0.4 is 5.32 Å². The molecule has 2 atom stereocenters. The summed E-state index contributed by atoms with van der Waals surface area (Å²) in [5.41, 5.74) is 0. The summed E-state index contributed by atoms with van der Waals surface area (Å²) in [5.74, 6) is -0.0798. The molecule has 0 aromatic carbocycles. The van der Waals surface area contributed by atoms with Crippen LogP contribution in [0.1, 0.15) is 245 Å². The summed E-state index contributed by atoms with van der Waals surface area (Å²) in [4.78, 5) is 24.3. The zero-order valence-electron chi connectivity index (χ0n) is 34.8. The summed E-state index contributed by atoms with van der Waals surface area (Å²) in [7, 11) is 0. The highest BCUT2D eigenvalue weighted by Crippen LogP contribution is 2.16. The maximum Gasteiger partial charge on any atom is 0.305 e. The van der Waals surface area contributed by atoms with Crippen molar-refractivity contribution in [2.75, 3.05) is 13.2 Å². The summed E-state index contributed by atoms with van der Waals surface area (Å²) in [6, 6.07) is -0.553. The summed E-state index contributed by atoms with van der Waals surface area (Å²) < 4.78 is 5.42. The molecule has 2 unspecified atom stereocenters. The van der Waals surface area contributed by atoms with E-state index >= 15 is 0 Å². The number of nitrogens with one attached hydrogen (secondary N) is 1. The van der Waals surface area contributed by atoms with Gasteiger partial charge in [0.15, 0.2) is 0 Å². The van der Waals surface area contributed by atoms with Gasteiger partial charge < -0.3 is 20.3 Å². The lowest BCUT2D eigenvalue weighted by atomic mass is 10.0. The lowest BCUT2D eigenvalue weighted by Crippen LogP contribution is -2.45. The Balaban J connectivity index is 3.49. The molecule has 308 valence electrons. The molecule has 0 saturated carbocycles. The predicted octanol–water partition coefficient (Wildman–Crippen LogP) is 13.0. The fourth-order valence-corrected chi connectivity index (χ4v) is 6.97. The van der Waals surface area contributed by atoms with Gasteiger partial charge in [0.25, 0.3) is 0 Å². The maximum atomic E-state index is 12.4. The van der Waals surface area contributed by atoms with Crippen LogP contribution in [0.4, 0.5) is 0 Å². The van der Waals surface area contributed by atoms with Crippen LogP contribution in [-0.2, 0) is 14.3 Å². The molecule has 0 saturated heterocycles. The number of aliphatic hydroxyl groups excluding tert-OH is 2. The number of allylic oxidation sites excluding steroid dienone is 2. The number of unbranched alkanes of at least 4 members (excludes halogenated alkanes) is 29. The van der Waals surface area contributed by atoms with Crippen molar-refractivity contribution >= 4 is 11.9 Å². The van der Waals surface area contributed by atoms with Gasteiger partial charge in [-0.3, -0.25) is 9.59 Å². The highest BCUT2D eigenvalue weighted by molar-refractivity contribution is 5.76. The molecular weight excluding hydrogens is 647 g/mol. The normalized spacial score (nSPS) is 12.8. The van der Waals surface area contributed by atoms with Gasteiger partial charge in [-0.15, -0.1) is 0 Å². The van der Waals surface area contributed by atoms with E-state index in [4.69, 9.17) is 4.74 Å². The molecule has 0 heterocycles. The topological polar surface area (TPSA) is 95.9 Å². The highest BCUT2D eigenvalue weighted by atomic mass is 16.5. The van der Waals surface area contributed by atoms with Gasteiger partial charge in [0.2, 0.25) is 5.91 Å². The summed E-state index contributed by atoms with van der Waals surface area (Å²) in [5, 5.41) is 23.1. The average Bonchev–Trinajstić information content (AvgIpc) is 3.14. The molecule has 6 heteroatoms. The lowest BCUT2D eigenvalue weighted by Gasteiger charge is -2.22. The molecule has 1 amide bonds. The Morgan fingerprint density at radius 3 is 1.42 bits per heavy atom. The Kier molecular flexibility index (Phi) is 41.2. The lowest BCUT2D eigenvalue weighted by molar-refractivity contribution is -0.143. The quantitative estimate of drug-likeness (QED) is 0.0329. The van der Waals surface area contributed by atoms with Gasteiger partial charge in [0.05, 0.1) is 25.4 Å². The highest BCUT2D eigenvalue weighted by Gasteiger charge is 2.20. The molecule has 0 bridgehead atoms. The average molecular weight is 736 g/mol. The van der Waals surface area contributed by atoms with Gasteiger partial charge in [0.1, 0.15) is 0 Å². The van der Waals surface area contributed by atoms with Crippen LogP contribution in [0.3, 0.4) is 0 Å². The van der Waals surface area contributed by atoms with Crippen LogP contribution in [0, 0.1) is 0 Å². The molecule has 0 aromatic heterocycles. The van der Waals surface area contributed by atoms with E-state index in [2.05, 4.69) is 31.3 Å². The standard InChI is InChI=1S/C46H89NO5/c1-3-5-7-9-11-13-15-16-19-22-26-30-34-38-44(49)43(42-48)47-45(50)39-35-31-27-23-20-17-21-25-29-33-37-41-52-46(51)40-36-32-28-24-18-14-12-10-8-6-4-2/h10,12,43-44,48-49H,3-9,11,13-42H2,1-2H3,(H,47,50)/b12-10-. The van der Waals surface area contributed by atoms with Crippen LogP contribution in [0.25, 0.3) is 0 Å². The van der Waals surface area contributed by atoms with Gasteiger partial charge in [-0.25, -0.2) is 0 Å². The van der Waals surface area contributed by atoms with Gasteiger partial charge in [-0.1, -0.05) is 199 Å². The van der Waals surface area contributed by atoms with Crippen molar-refractivity contribution in [2.45, 2.75) is 257 Å². The number of rotatable bonds is 42. The minimum atomic E-state index is -0.674. The predicted molar refractivity (Wildman–Crippen MR) is 223 cm³/mol. The van der Waals surface area contributed by atoms with Gasteiger partial charge in [0, 0.05) is 12.8 Å². The maximum absolute atomic E-state index is 12.4. The number of hydrogen-bond acceptors (Lipinski definition) is 5. The molecule has 0 rings (SSSR count). The van der Waals surface area contributed by atoms with Crippen LogP contribution in [-0.4, -0.2) is 47.4 Å². The number of carbonyl (C=O) groups excluding carboxylic acids is 2. The second-order valence-electron chi connectivity index (χ2n) is 15.7. The Labute approximate surface area is 323 Å². The van der Waals surface area contributed by atoms with Crippen LogP contribution in [0.15, 0.2) is 12.2 Å². The molecule has 0 fully saturated rings. The Hall–Kier alpha value is -1.40. The Bertz CT molecular complexity index is 772. The molecule has 52 heavy (non-hydrogen) atoms. The van der Waals surface area contributed by atoms with Crippen LogP contribution in [0.2, 0.25) is 0 Å². The Morgan fingerprint density at radius 2 is 0.923 bits per heavy atom.